The summed E-state index contributed by atoms with van der Waals surface area (Å²) in [5, 5.41) is 16.4. The average molecular weight is 760 g/mol. The summed E-state index contributed by atoms with van der Waals surface area (Å²) in [6, 6.07) is 69.7. The number of nitrogens with zero attached hydrogens (tertiary/aromatic N) is 3. The van der Waals surface area contributed by atoms with E-state index in [0.29, 0.717) is 0 Å². The molecule has 0 saturated carbocycles. The zero-order valence-electron chi connectivity index (χ0n) is 30.8. The van der Waals surface area contributed by atoms with Gasteiger partial charge in [0.15, 0.2) is 8.07 Å². The number of thiophene rings is 1. The predicted octanol–water partition coefficient (Wildman–Crippen LogP) is 10.8. The minimum atomic E-state index is -3.01. The highest BCUT2D eigenvalue weighted by molar-refractivity contribution is 7.26. The Kier molecular flexibility index (Phi) is 7.12. The molecule has 0 saturated heterocycles. The van der Waals surface area contributed by atoms with Crippen LogP contribution in [-0.2, 0) is 0 Å². The first kappa shape index (κ1) is 32.3. The fourth-order valence-corrected chi connectivity index (χ4v) is 15.5. The molecule has 12 aromatic rings. The third-order valence-corrected chi connectivity index (χ3v) is 17.9. The van der Waals surface area contributed by atoms with Crippen molar-refractivity contribution in [3.63, 3.8) is 0 Å². The monoisotopic (exact) mass is 759 g/mol. The van der Waals surface area contributed by atoms with Crippen molar-refractivity contribution in [2.75, 3.05) is 0 Å². The maximum atomic E-state index is 5.06. The first-order chi connectivity index (χ1) is 28.3. The van der Waals surface area contributed by atoms with Crippen molar-refractivity contribution in [3.8, 4) is 5.82 Å². The molecule has 12 rings (SSSR count). The maximum Gasteiger partial charge on any atom is 0.179 e. The predicted molar refractivity (Wildman–Crippen MR) is 245 cm³/mol. The van der Waals surface area contributed by atoms with E-state index in [2.05, 4.69) is 187 Å². The van der Waals surface area contributed by atoms with E-state index in [-0.39, 0.29) is 0 Å². The highest BCUT2D eigenvalue weighted by atomic mass is 32.1. The Morgan fingerprint density at radius 3 is 1.74 bits per heavy atom. The number of hydrogen-bond donors (Lipinski definition) is 0. The number of benzene rings is 8. The molecule has 0 aliphatic heterocycles. The minimum absolute atomic E-state index is 0.916. The zero-order chi connectivity index (χ0) is 37.5. The normalized spacial score (nSPS) is 12.2. The third kappa shape index (κ3) is 4.64. The number of fused-ring (bicyclic) bond motifs is 13. The lowest BCUT2D eigenvalue weighted by Gasteiger charge is -2.35. The summed E-state index contributed by atoms with van der Waals surface area (Å²) in [6.45, 7) is 0. The first-order valence-corrected chi connectivity index (χ1v) is 22.2. The summed E-state index contributed by atoms with van der Waals surface area (Å²) in [5.74, 6) is 0.916. The third-order valence-electron chi connectivity index (χ3n) is 12.0. The molecule has 0 spiro atoms. The molecule has 0 atom stereocenters. The lowest BCUT2D eigenvalue weighted by Crippen LogP contribution is -2.74. The van der Waals surface area contributed by atoms with E-state index in [1.165, 1.54) is 84.1 Å². The van der Waals surface area contributed by atoms with Gasteiger partial charge < -0.3 is 0 Å². The molecule has 4 heterocycles. The Morgan fingerprint density at radius 2 is 0.982 bits per heavy atom. The summed E-state index contributed by atoms with van der Waals surface area (Å²) in [6.07, 6.45) is 3.84. The van der Waals surface area contributed by atoms with Crippen molar-refractivity contribution in [2.45, 2.75) is 0 Å². The average Bonchev–Trinajstić information content (AvgIpc) is 3.83. The van der Waals surface area contributed by atoms with Gasteiger partial charge in [-0.05, 0) is 73.3 Å². The van der Waals surface area contributed by atoms with Crippen LogP contribution in [0.3, 0.4) is 0 Å². The fraction of sp³-hybridized carbons (Fsp3) is 0. The van der Waals surface area contributed by atoms with Crippen LogP contribution in [0.1, 0.15) is 0 Å². The van der Waals surface area contributed by atoms with Crippen LogP contribution in [0, 0.1) is 0 Å². The van der Waals surface area contributed by atoms with Gasteiger partial charge in [0.2, 0.25) is 0 Å². The number of hydrogen-bond acceptors (Lipinski definition) is 3. The zero-order valence-corrected chi connectivity index (χ0v) is 32.6. The largest absolute Gasteiger partial charge is 0.293 e. The Hall–Kier alpha value is -6.92. The van der Waals surface area contributed by atoms with Crippen LogP contribution in [0.15, 0.2) is 200 Å². The van der Waals surface area contributed by atoms with Gasteiger partial charge in [0.05, 0.1) is 16.6 Å². The van der Waals surface area contributed by atoms with Crippen LogP contribution in [0.25, 0.3) is 80.2 Å². The molecule has 0 amide bonds. The maximum absolute atomic E-state index is 5.06. The Bertz CT molecular complexity index is 3450. The second-order valence-electron chi connectivity index (χ2n) is 14.9. The van der Waals surface area contributed by atoms with E-state index in [4.69, 9.17) is 9.97 Å². The molecule has 8 aromatic carbocycles. The lowest BCUT2D eigenvalue weighted by atomic mass is 9.97. The quantitative estimate of drug-likeness (QED) is 0.0994. The highest BCUT2D eigenvalue weighted by Crippen LogP contribution is 2.43. The molecule has 0 aliphatic carbocycles. The molecule has 3 nitrogen and oxygen atoms in total. The van der Waals surface area contributed by atoms with Gasteiger partial charge in [-0.2, -0.15) is 0 Å². The van der Waals surface area contributed by atoms with E-state index in [1.807, 2.05) is 29.8 Å². The molecular formula is C52H33N3SSi. The van der Waals surface area contributed by atoms with Crippen LogP contribution in [-0.4, -0.2) is 22.6 Å². The summed E-state index contributed by atoms with van der Waals surface area (Å²) in [5.41, 5.74) is 3.40. The second-order valence-corrected chi connectivity index (χ2v) is 19.8. The van der Waals surface area contributed by atoms with Gasteiger partial charge in [0.1, 0.15) is 5.82 Å². The topological polar surface area (TPSA) is 30.7 Å². The molecule has 0 unspecified atom stereocenters. The Labute approximate surface area is 333 Å². The molecule has 266 valence electrons. The molecular weight excluding hydrogens is 727 g/mol. The van der Waals surface area contributed by atoms with Crippen LogP contribution >= 0.6 is 11.3 Å². The Balaban J connectivity index is 1.25. The smallest absolute Gasteiger partial charge is 0.179 e. The number of aromatic nitrogens is 3. The molecule has 0 aliphatic rings. The summed E-state index contributed by atoms with van der Waals surface area (Å²) < 4.78 is 5.00. The first-order valence-electron chi connectivity index (χ1n) is 19.4. The molecule has 5 heteroatoms. The lowest BCUT2D eigenvalue weighted by molar-refractivity contribution is 1.08. The van der Waals surface area contributed by atoms with E-state index in [9.17, 15) is 0 Å². The van der Waals surface area contributed by atoms with E-state index in [0.717, 1.165) is 16.9 Å². The van der Waals surface area contributed by atoms with Gasteiger partial charge >= 0.3 is 0 Å². The molecule has 4 aromatic heterocycles. The van der Waals surface area contributed by atoms with Crippen LogP contribution in [0.4, 0.5) is 0 Å². The molecule has 0 bridgehead atoms. The van der Waals surface area contributed by atoms with Gasteiger partial charge in [-0.1, -0.05) is 152 Å². The standard InChI is InChI=1S/C52H33N3SSi/c1-3-14-34(15-4-1)57(35-16-5-2-6-17-35,36-24-26-40-38-18-7-8-19-39(38)42-21-13-31-54-51(42)45(40)32-36)37-25-27-41-43-28-29-48-50(44-20-9-10-22-47(44)56-48)52(43)55(46(41)33-37)49-23-11-12-30-53-49/h1-33H. The number of rotatable bonds is 5. The van der Waals surface area contributed by atoms with Gasteiger partial charge in [-0.3, -0.25) is 9.55 Å². The van der Waals surface area contributed by atoms with Crippen LogP contribution in [0.2, 0.25) is 0 Å². The summed E-state index contributed by atoms with van der Waals surface area (Å²) in [4.78, 5) is 10.1. The molecule has 0 radical (unpaired) electrons. The number of pyridine rings is 2. The molecule has 0 fully saturated rings. The van der Waals surface area contributed by atoms with Gasteiger partial charge in [0.25, 0.3) is 0 Å². The summed E-state index contributed by atoms with van der Waals surface area (Å²) >= 11 is 1.86. The SMILES string of the molecule is c1ccc([Si](c2ccccc2)(c2ccc3c4ccccc4c4cccnc4c3c2)c2ccc3c4ccc5sc6ccccc6c5c4n(-c4ccccn4)c3c2)cc1. The second kappa shape index (κ2) is 12.5. The Morgan fingerprint density at radius 1 is 0.386 bits per heavy atom. The van der Waals surface area contributed by atoms with Crippen molar-refractivity contribution >= 4 is 115 Å². The van der Waals surface area contributed by atoms with Crippen molar-refractivity contribution in [2.24, 2.45) is 0 Å². The van der Waals surface area contributed by atoms with E-state index < -0.39 is 8.07 Å². The highest BCUT2D eigenvalue weighted by Gasteiger charge is 2.42. The van der Waals surface area contributed by atoms with E-state index in [1.54, 1.807) is 0 Å². The van der Waals surface area contributed by atoms with Crippen LogP contribution in [0.5, 0.6) is 0 Å². The van der Waals surface area contributed by atoms with E-state index >= 15 is 0 Å². The van der Waals surface area contributed by atoms with Gasteiger partial charge in [-0.15, -0.1) is 11.3 Å². The van der Waals surface area contributed by atoms with Crippen molar-refractivity contribution in [1.29, 1.82) is 0 Å². The van der Waals surface area contributed by atoms with Crippen molar-refractivity contribution < 1.29 is 0 Å². The van der Waals surface area contributed by atoms with Crippen molar-refractivity contribution in [3.05, 3.63) is 200 Å². The molecule has 57 heavy (non-hydrogen) atoms. The molecule has 0 N–H and O–H groups in total. The van der Waals surface area contributed by atoms with Gasteiger partial charge in [-0.25, -0.2) is 4.98 Å². The van der Waals surface area contributed by atoms with Gasteiger partial charge in [0, 0.05) is 54.1 Å². The van der Waals surface area contributed by atoms with Crippen LogP contribution < -0.4 is 20.7 Å². The fourth-order valence-electron chi connectivity index (χ4n) is 9.65. The minimum Gasteiger partial charge on any atom is -0.293 e. The summed E-state index contributed by atoms with van der Waals surface area (Å²) in [7, 11) is -3.01. The van der Waals surface area contributed by atoms with Crippen molar-refractivity contribution in [1.82, 2.24) is 14.5 Å².